The minimum atomic E-state index is -0.181. The molecule has 1 aliphatic rings. The van der Waals surface area contributed by atoms with Gasteiger partial charge in [-0.3, -0.25) is 0 Å². The Bertz CT molecular complexity index is 329. The molecule has 1 fully saturated rings. The van der Waals surface area contributed by atoms with Crippen LogP contribution in [0, 0.1) is 5.92 Å². The summed E-state index contributed by atoms with van der Waals surface area (Å²) >= 11 is 0. The third kappa shape index (κ3) is 1.64. The van der Waals surface area contributed by atoms with Crippen LogP contribution in [-0.4, -0.2) is 20.2 Å². The van der Waals surface area contributed by atoms with E-state index in [4.69, 9.17) is 0 Å². The van der Waals surface area contributed by atoms with E-state index in [-0.39, 0.29) is 11.7 Å². The van der Waals surface area contributed by atoms with E-state index in [9.17, 15) is 4.79 Å². The molecule has 1 aromatic rings. The van der Waals surface area contributed by atoms with E-state index < -0.39 is 0 Å². The third-order valence-electron chi connectivity index (χ3n) is 2.75. The maximum absolute atomic E-state index is 11.2. The Morgan fingerprint density at radius 1 is 1.54 bits per heavy atom. The zero-order chi connectivity index (χ0) is 9.26. The number of H-pyrrole nitrogens is 1. The van der Waals surface area contributed by atoms with Crippen LogP contribution in [0.5, 0.6) is 0 Å². The first kappa shape index (κ1) is 8.47. The van der Waals surface area contributed by atoms with E-state index in [1.165, 1.54) is 17.5 Å². The maximum Gasteiger partial charge on any atom is 0.361 e. The second kappa shape index (κ2) is 3.32. The lowest BCUT2D eigenvalue weighted by molar-refractivity contribution is 0.259. The first-order valence-corrected chi connectivity index (χ1v) is 4.77. The van der Waals surface area contributed by atoms with E-state index in [0.717, 1.165) is 12.8 Å². The number of rotatable bonds is 1. The fraction of sp³-hybridized carbons (Fsp3) is 0.875. The van der Waals surface area contributed by atoms with Gasteiger partial charge >= 0.3 is 5.69 Å². The first-order valence-electron chi connectivity index (χ1n) is 4.77. The van der Waals surface area contributed by atoms with Crippen molar-refractivity contribution in [1.29, 1.82) is 0 Å². The van der Waals surface area contributed by atoms with Crippen LogP contribution in [0.3, 0.4) is 0 Å². The predicted octanol–water partition coefficient (Wildman–Crippen LogP) is 0.718. The van der Waals surface area contributed by atoms with Crippen LogP contribution in [0.1, 0.15) is 38.6 Å². The van der Waals surface area contributed by atoms with Gasteiger partial charge in [0.1, 0.15) is 0 Å². The zero-order valence-corrected chi connectivity index (χ0v) is 7.73. The van der Waals surface area contributed by atoms with Gasteiger partial charge in [0, 0.05) is 0 Å². The van der Waals surface area contributed by atoms with Crippen LogP contribution in [-0.2, 0) is 0 Å². The molecular weight excluding hydrogens is 168 g/mol. The SMILES string of the molecule is CC1CCCC(n2nn[nH]c2=O)C1. The molecule has 2 atom stereocenters. The van der Waals surface area contributed by atoms with E-state index in [1.54, 1.807) is 0 Å². The molecule has 0 bridgehead atoms. The summed E-state index contributed by atoms with van der Waals surface area (Å²) in [6.07, 6.45) is 4.55. The molecule has 1 saturated carbocycles. The quantitative estimate of drug-likeness (QED) is 0.696. The van der Waals surface area contributed by atoms with E-state index in [2.05, 4.69) is 22.4 Å². The van der Waals surface area contributed by atoms with Crippen molar-refractivity contribution < 1.29 is 0 Å². The standard InChI is InChI=1S/C8H14N4O/c1-6-3-2-4-7(5-6)12-8(13)9-10-11-12/h6-7H,2-5H2,1H3,(H,9,11,13). The highest BCUT2D eigenvalue weighted by Crippen LogP contribution is 2.30. The van der Waals surface area contributed by atoms with Gasteiger partial charge in [-0.15, -0.1) is 0 Å². The van der Waals surface area contributed by atoms with E-state index in [0.29, 0.717) is 5.92 Å². The molecule has 2 unspecified atom stereocenters. The molecule has 5 nitrogen and oxygen atoms in total. The van der Waals surface area contributed by atoms with Gasteiger partial charge < -0.3 is 0 Å². The highest BCUT2D eigenvalue weighted by Gasteiger charge is 2.22. The lowest BCUT2D eigenvalue weighted by atomic mass is 9.87. The average molecular weight is 182 g/mol. The molecule has 5 heteroatoms. The molecule has 1 aliphatic carbocycles. The van der Waals surface area contributed by atoms with Crippen molar-refractivity contribution in [3.05, 3.63) is 10.5 Å². The number of hydrogen-bond donors (Lipinski definition) is 1. The van der Waals surface area contributed by atoms with Crippen LogP contribution in [0.4, 0.5) is 0 Å². The monoisotopic (exact) mass is 182 g/mol. The second-order valence-corrected chi connectivity index (χ2v) is 3.88. The first-order chi connectivity index (χ1) is 6.27. The summed E-state index contributed by atoms with van der Waals surface area (Å²) in [6.45, 7) is 2.22. The van der Waals surface area contributed by atoms with Crippen LogP contribution >= 0.6 is 0 Å². The zero-order valence-electron chi connectivity index (χ0n) is 7.73. The van der Waals surface area contributed by atoms with Crippen LogP contribution in [0.2, 0.25) is 0 Å². The number of nitrogens with one attached hydrogen (secondary N) is 1. The van der Waals surface area contributed by atoms with Gasteiger partial charge in [0.15, 0.2) is 0 Å². The topological polar surface area (TPSA) is 63.6 Å². The molecular formula is C8H14N4O. The van der Waals surface area contributed by atoms with Crippen molar-refractivity contribution in [2.24, 2.45) is 5.92 Å². The third-order valence-corrected chi connectivity index (χ3v) is 2.75. The Morgan fingerprint density at radius 3 is 3.00 bits per heavy atom. The van der Waals surface area contributed by atoms with Gasteiger partial charge in [0.2, 0.25) is 0 Å². The van der Waals surface area contributed by atoms with Crippen LogP contribution in [0.25, 0.3) is 0 Å². The Balaban J connectivity index is 2.17. The van der Waals surface area contributed by atoms with E-state index in [1.807, 2.05) is 0 Å². The van der Waals surface area contributed by atoms with Crippen molar-refractivity contribution >= 4 is 0 Å². The smallest absolute Gasteiger partial charge is 0.245 e. The van der Waals surface area contributed by atoms with Gasteiger partial charge in [-0.05, 0) is 29.2 Å². The lowest BCUT2D eigenvalue weighted by Crippen LogP contribution is -2.27. The lowest BCUT2D eigenvalue weighted by Gasteiger charge is -2.25. The van der Waals surface area contributed by atoms with E-state index >= 15 is 0 Å². The van der Waals surface area contributed by atoms with Crippen molar-refractivity contribution in [3.63, 3.8) is 0 Å². The number of aromatic amines is 1. The Labute approximate surface area is 76.1 Å². The van der Waals surface area contributed by atoms with Crippen LogP contribution < -0.4 is 5.69 Å². The largest absolute Gasteiger partial charge is 0.361 e. The molecule has 0 amide bonds. The molecule has 13 heavy (non-hydrogen) atoms. The summed E-state index contributed by atoms with van der Waals surface area (Å²) in [5.41, 5.74) is -0.181. The second-order valence-electron chi connectivity index (χ2n) is 3.88. The molecule has 1 aromatic heterocycles. The highest BCUT2D eigenvalue weighted by atomic mass is 16.2. The van der Waals surface area contributed by atoms with Crippen molar-refractivity contribution in [2.75, 3.05) is 0 Å². The molecule has 0 radical (unpaired) electrons. The summed E-state index contributed by atoms with van der Waals surface area (Å²) < 4.78 is 1.48. The summed E-state index contributed by atoms with van der Waals surface area (Å²) in [4.78, 5) is 11.2. The fourth-order valence-corrected chi connectivity index (χ4v) is 2.07. The number of tetrazole rings is 1. The molecule has 1 N–H and O–H groups in total. The highest BCUT2D eigenvalue weighted by molar-refractivity contribution is 4.74. The molecule has 0 spiro atoms. The number of aromatic nitrogens is 4. The fourth-order valence-electron chi connectivity index (χ4n) is 2.07. The number of nitrogens with zero attached hydrogens (tertiary/aromatic N) is 3. The molecule has 2 rings (SSSR count). The Hall–Kier alpha value is -1.13. The minimum absolute atomic E-state index is 0.181. The van der Waals surface area contributed by atoms with Crippen LogP contribution in [0.15, 0.2) is 4.79 Å². The molecule has 0 aromatic carbocycles. The molecule has 0 aliphatic heterocycles. The van der Waals surface area contributed by atoms with Crippen molar-refractivity contribution in [1.82, 2.24) is 20.2 Å². The number of hydrogen-bond acceptors (Lipinski definition) is 3. The Kier molecular flexibility index (Phi) is 2.16. The van der Waals surface area contributed by atoms with Gasteiger partial charge in [-0.1, -0.05) is 19.8 Å². The molecule has 1 heterocycles. The maximum atomic E-state index is 11.2. The molecule has 72 valence electrons. The normalized spacial score (nSPS) is 29.0. The van der Waals surface area contributed by atoms with Gasteiger partial charge in [0.05, 0.1) is 6.04 Å². The minimum Gasteiger partial charge on any atom is -0.245 e. The summed E-state index contributed by atoms with van der Waals surface area (Å²) in [7, 11) is 0. The van der Waals surface area contributed by atoms with Crippen molar-refractivity contribution in [3.8, 4) is 0 Å². The molecule has 0 saturated heterocycles. The van der Waals surface area contributed by atoms with Gasteiger partial charge in [-0.25, -0.2) is 9.89 Å². The van der Waals surface area contributed by atoms with Gasteiger partial charge in [-0.2, -0.15) is 4.68 Å². The van der Waals surface area contributed by atoms with Gasteiger partial charge in [0.25, 0.3) is 0 Å². The Morgan fingerprint density at radius 2 is 2.38 bits per heavy atom. The summed E-state index contributed by atoms with van der Waals surface area (Å²) in [6, 6.07) is 0.259. The summed E-state index contributed by atoms with van der Waals surface area (Å²) in [5, 5.41) is 9.60. The van der Waals surface area contributed by atoms with Crippen molar-refractivity contribution in [2.45, 2.75) is 38.6 Å². The predicted molar refractivity (Wildman–Crippen MR) is 47.3 cm³/mol. The average Bonchev–Trinajstić information content (AvgIpc) is 2.51. The summed E-state index contributed by atoms with van der Waals surface area (Å²) in [5.74, 6) is 0.697.